The minimum absolute atomic E-state index is 0.0827. The first-order valence-corrected chi connectivity index (χ1v) is 11.8. The largest absolute Gasteiger partial charge is 0.415 e. The Kier molecular flexibility index (Phi) is 5.46. The molecule has 2 N–H and O–H groups in total. The van der Waals surface area contributed by atoms with Gasteiger partial charge in [0, 0.05) is 0 Å². The molecule has 1 aromatic carbocycles. The van der Waals surface area contributed by atoms with E-state index in [-0.39, 0.29) is 11.1 Å². The molecule has 1 aromatic heterocycles. The number of aromatic nitrogens is 1. The maximum absolute atomic E-state index is 6.33. The molecule has 23 heavy (non-hydrogen) atoms. The number of rotatable bonds is 5. The van der Waals surface area contributed by atoms with E-state index in [1.165, 1.54) is 10.4 Å². The number of nitrogens with zero attached hydrogens (tertiary/aromatic N) is 1. The summed E-state index contributed by atoms with van der Waals surface area (Å²) in [5.74, 6) is 0. The molecule has 3 nitrogen and oxygen atoms in total. The summed E-state index contributed by atoms with van der Waals surface area (Å²) in [6.07, 6.45) is 0. The summed E-state index contributed by atoms with van der Waals surface area (Å²) in [6, 6.07) is 8.38. The van der Waals surface area contributed by atoms with Gasteiger partial charge in [0.05, 0.1) is 28.7 Å². The van der Waals surface area contributed by atoms with Crippen LogP contribution in [0, 0.1) is 6.92 Å². The smallest absolute Gasteiger partial charge is 0.192 e. The van der Waals surface area contributed by atoms with E-state index in [2.05, 4.69) is 63.1 Å². The van der Waals surface area contributed by atoms with Gasteiger partial charge in [0.25, 0.3) is 0 Å². The Morgan fingerprint density at radius 3 is 2.30 bits per heavy atom. The monoisotopic (exact) mass is 348 g/mol. The van der Waals surface area contributed by atoms with Crippen LogP contribution in [0.15, 0.2) is 29.8 Å². The first-order chi connectivity index (χ1) is 10.6. The van der Waals surface area contributed by atoms with Gasteiger partial charge in [-0.2, -0.15) is 0 Å². The molecule has 0 aliphatic carbocycles. The lowest BCUT2D eigenvalue weighted by molar-refractivity contribution is 0.264. The predicted octanol–water partition coefficient (Wildman–Crippen LogP) is 5.14. The van der Waals surface area contributed by atoms with Crippen molar-refractivity contribution in [2.24, 2.45) is 5.73 Å². The van der Waals surface area contributed by atoms with Gasteiger partial charge >= 0.3 is 0 Å². The van der Waals surface area contributed by atoms with Crippen LogP contribution in [0.3, 0.4) is 0 Å². The maximum atomic E-state index is 6.33. The van der Waals surface area contributed by atoms with Gasteiger partial charge in [-0.05, 0) is 36.2 Å². The molecule has 1 atom stereocenters. The molecule has 0 aliphatic heterocycles. The fraction of sp³-hybridized carbons (Fsp3) is 0.500. The zero-order valence-corrected chi connectivity index (χ0v) is 16.8. The molecule has 5 heteroatoms. The van der Waals surface area contributed by atoms with Crippen molar-refractivity contribution in [3.05, 3.63) is 41.0 Å². The molecule has 126 valence electrons. The standard InChI is InChI=1S/C18H28N2OSSi/c1-13-17(22-12-20-13)15-9-7-14(8-10-15)16(19)11-21-23(5,6)18(2,3)4/h7-10,12,16H,11,19H2,1-6H3. The lowest BCUT2D eigenvalue weighted by atomic mass is 10.1. The van der Waals surface area contributed by atoms with Crippen molar-refractivity contribution in [1.29, 1.82) is 0 Å². The number of hydrogen-bond acceptors (Lipinski definition) is 4. The molecule has 0 bridgehead atoms. The van der Waals surface area contributed by atoms with Crippen LogP contribution in [-0.2, 0) is 4.43 Å². The van der Waals surface area contributed by atoms with Crippen LogP contribution >= 0.6 is 11.3 Å². The van der Waals surface area contributed by atoms with Crippen molar-refractivity contribution in [2.75, 3.05) is 6.61 Å². The van der Waals surface area contributed by atoms with Gasteiger partial charge in [0.2, 0.25) is 0 Å². The average molecular weight is 349 g/mol. The van der Waals surface area contributed by atoms with Gasteiger partial charge < -0.3 is 10.2 Å². The van der Waals surface area contributed by atoms with E-state index in [9.17, 15) is 0 Å². The van der Waals surface area contributed by atoms with Gasteiger partial charge in [0.1, 0.15) is 0 Å². The summed E-state index contributed by atoms with van der Waals surface area (Å²) in [5.41, 5.74) is 11.6. The Morgan fingerprint density at radius 1 is 1.22 bits per heavy atom. The molecule has 2 rings (SSSR count). The molecule has 0 amide bonds. The van der Waals surface area contributed by atoms with Crippen molar-refractivity contribution in [2.45, 2.75) is 51.9 Å². The molecule has 0 spiro atoms. The summed E-state index contributed by atoms with van der Waals surface area (Å²) in [6.45, 7) is 13.9. The van der Waals surface area contributed by atoms with Gasteiger partial charge in [-0.15, -0.1) is 11.3 Å². The minimum atomic E-state index is -1.75. The number of nitrogens with two attached hydrogens (primary N) is 1. The topological polar surface area (TPSA) is 48.1 Å². The summed E-state index contributed by atoms with van der Waals surface area (Å²) in [7, 11) is -1.75. The van der Waals surface area contributed by atoms with Crippen molar-refractivity contribution < 1.29 is 4.43 Å². The summed E-state index contributed by atoms with van der Waals surface area (Å²) >= 11 is 1.67. The van der Waals surface area contributed by atoms with Crippen molar-refractivity contribution in [3.63, 3.8) is 0 Å². The third-order valence-electron chi connectivity index (χ3n) is 4.78. The number of hydrogen-bond donors (Lipinski definition) is 1. The number of aryl methyl sites for hydroxylation is 1. The van der Waals surface area contributed by atoms with E-state index >= 15 is 0 Å². The van der Waals surface area contributed by atoms with Crippen LogP contribution in [0.5, 0.6) is 0 Å². The van der Waals surface area contributed by atoms with Crippen LogP contribution in [0.2, 0.25) is 18.1 Å². The maximum Gasteiger partial charge on any atom is 0.192 e. The van der Waals surface area contributed by atoms with Gasteiger partial charge in [0.15, 0.2) is 8.32 Å². The highest BCUT2D eigenvalue weighted by Crippen LogP contribution is 2.37. The van der Waals surface area contributed by atoms with E-state index in [1.54, 1.807) is 11.3 Å². The summed E-state index contributed by atoms with van der Waals surface area (Å²) in [5, 5.41) is 0.209. The molecule has 0 aliphatic rings. The first-order valence-electron chi connectivity index (χ1n) is 8.02. The molecular weight excluding hydrogens is 320 g/mol. The van der Waals surface area contributed by atoms with E-state index in [0.717, 1.165) is 11.3 Å². The van der Waals surface area contributed by atoms with Crippen molar-refractivity contribution in [3.8, 4) is 10.4 Å². The summed E-state index contributed by atoms with van der Waals surface area (Å²) in [4.78, 5) is 5.53. The third kappa shape index (κ3) is 4.29. The first kappa shape index (κ1) is 18.3. The quantitative estimate of drug-likeness (QED) is 0.761. The zero-order valence-electron chi connectivity index (χ0n) is 15.0. The fourth-order valence-electron chi connectivity index (χ4n) is 2.07. The molecular formula is C18H28N2OSSi. The van der Waals surface area contributed by atoms with E-state index in [0.29, 0.717) is 6.61 Å². The van der Waals surface area contributed by atoms with Gasteiger partial charge in [-0.3, -0.25) is 0 Å². The van der Waals surface area contributed by atoms with Gasteiger partial charge in [-0.25, -0.2) is 4.98 Å². The molecule has 1 unspecified atom stereocenters. The highest BCUT2D eigenvalue weighted by molar-refractivity contribution is 7.13. The van der Waals surface area contributed by atoms with E-state index < -0.39 is 8.32 Å². The molecule has 1 heterocycles. The predicted molar refractivity (Wildman–Crippen MR) is 102 cm³/mol. The lowest BCUT2D eigenvalue weighted by Crippen LogP contribution is -2.42. The zero-order chi connectivity index (χ0) is 17.3. The minimum Gasteiger partial charge on any atom is -0.415 e. The second-order valence-electron chi connectivity index (χ2n) is 7.57. The van der Waals surface area contributed by atoms with Crippen molar-refractivity contribution in [1.82, 2.24) is 4.98 Å². The highest BCUT2D eigenvalue weighted by atomic mass is 32.1. The highest BCUT2D eigenvalue weighted by Gasteiger charge is 2.37. The molecule has 2 aromatic rings. The third-order valence-corrected chi connectivity index (χ3v) is 10.3. The number of benzene rings is 1. The molecule has 0 saturated heterocycles. The average Bonchev–Trinajstić information content (AvgIpc) is 2.90. The second kappa shape index (κ2) is 6.85. The number of thiazole rings is 1. The van der Waals surface area contributed by atoms with E-state index in [4.69, 9.17) is 10.2 Å². The van der Waals surface area contributed by atoms with Gasteiger partial charge in [-0.1, -0.05) is 45.0 Å². The van der Waals surface area contributed by atoms with Crippen LogP contribution in [0.4, 0.5) is 0 Å². The van der Waals surface area contributed by atoms with Crippen molar-refractivity contribution >= 4 is 19.7 Å². The van der Waals surface area contributed by atoms with Crippen LogP contribution < -0.4 is 5.73 Å². The normalized spacial score (nSPS) is 14.0. The Balaban J connectivity index is 2.04. The Bertz CT molecular complexity index is 644. The fourth-order valence-corrected chi connectivity index (χ4v) is 3.91. The Morgan fingerprint density at radius 2 is 1.83 bits per heavy atom. The molecule has 0 radical (unpaired) electrons. The SMILES string of the molecule is Cc1ncsc1-c1ccc(C(N)CO[Si](C)(C)C(C)(C)C)cc1. The second-order valence-corrected chi connectivity index (χ2v) is 13.2. The van der Waals surface area contributed by atoms with Crippen LogP contribution in [0.25, 0.3) is 10.4 Å². The Hall–Kier alpha value is -1.01. The van der Waals surface area contributed by atoms with Crippen LogP contribution in [-0.4, -0.2) is 19.9 Å². The van der Waals surface area contributed by atoms with Crippen LogP contribution in [0.1, 0.15) is 38.1 Å². The molecule has 0 fully saturated rings. The van der Waals surface area contributed by atoms with E-state index in [1.807, 2.05) is 12.4 Å². The summed E-state index contributed by atoms with van der Waals surface area (Å²) < 4.78 is 6.24. The molecule has 0 saturated carbocycles. The Labute approximate surface area is 145 Å². The lowest BCUT2D eigenvalue weighted by Gasteiger charge is -2.37.